The van der Waals surface area contributed by atoms with Gasteiger partial charge in [-0.1, -0.05) is 30.3 Å². The highest BCUT2D eigenvalue weighted by atomic mass is 31.2. The van der Waals surface area contributed by atoms with Gasteiger partial charge in [-0.15, -0.1) is 0 Å². The summed E-state index contributed by atoms with van der Waals surface area (Å²) >= 11 is 0. The summed E-state index contributed by atoms with van der Waals surface area (Å²) < 4.78 is 28.8. The third-order valence-corrected chi connectivity index (χ3v) is 4.85. The fourth-order valence-electron chi connectivity index (χ4n) is 1.99. The maximum atomic E-state index is 12.8. The molecule has 0 aliphatic rings. The van der Waals surface area contributed by atoms with E-state index in [0.717, 1.165) is 5.56 Å². The normalized spacial score (nSPS) is 13.0. The van der Waals surface area contributed by atoms with Crippen molar-refractivity contribution >= 4 is 19.6 Å². The molecule has 0 unspecified atom stereocenters. The number of hydrogen-bond donors (Lipinski definition) is 0. The van der Waals surface area contributed by atoms with Crippen LogP contribution in [0.1, 0.15) is 40.2 Å². The Bertz CT molecular complexity index is 592. The van der Waals surface area contributed by atoms with Crippen molar-refractivity contribution in [2.24, 2.45) is 0 Å². The number of rotatable bonds is 8. The predicted molar refractivity (Wildman–Crippen MR) is 96.0 cm³/mol. The lowest BCUT2D eigenvalue weighted by Crippen LogP contribution is -2.26. The molecule has 0 saturated carbocycles. The third kappa shape index (κ3) is 7.43. The summed E-state index contributed by atoms with van der Waals surface area (Å²) in [6.07, 6.45) is 1.54. The summed E-state index contributed by atoms with van der Waals surface area (Å²) in [7, 11) is -3.40. The zero-order valence-electron chi connectivity index (χ0n) is 15.1. The fraction of sp³-hybridized carbons (Fsp3) is 0.500. The summed E-state index contributed by atoms with van der Waals surface area (Å²) in [6.45, 7) is 9.31. The molecular weight excluding hydrogens is 327 g/mol. The molecule has 0 aliphatic carbocycles. The van der Waals surface area contributed by atoms with Crippen LogP contribution in [0.2, 0.25) is 0 Å². The second-order valence-corrected chi connectivity index (χ2v) is 8.24. The molecule has 0 atom stereocenters. The van der Waals surface area contributed by atoms with Gasteiger partial charge in [-0.25, -0.2) is 4.79 Å². The molecule has 0 fully saturated rings. The van der Waals surface area contributed by atoms with Gasteiger partial charge < -0.3 is 13.8 Å². The Morgan fingerprint density at radius 3 is 2.08 bits per heavy atom. The summed E-state index contributed by atoms with van der Waals surface area (Å²) in [4.78, 5) is 12.5. The van der Waals surface area contributed by atoms with Gasteiger partial charge in [-0.3, -0.25) is 4.57 Å². The van der Waals surface area contributed by atoms with Crippen LogP contribution in [-0.4, -0.2) is 30.9 Å². The Balaban J connectivity index is 3.15. The largest absolute Gasteiger partial charge is 0.457 e. The lowest BCUT2D eigenvalue weighted by molar-refractivity contribution is -0.149. The van der Waals surface area contributed by atoms with E-state index in [0.29, 0.717) is 0 Å². The summed E-state index contributed by atoms with van der Waals surface area (Å²) in [5.74, 6) is -0.522. The minimum Gasteiger partial charge on any atom is -0.457 e. The second-order valence-electron chi connectivity index (χ2n) is 6.19. The van der Waals surface area contributed by atoms with Crippen molar-refractivity contribution in [3.05, 3.63) is 41.5 Å². The SMILES string of the molecule is CCOP(=O)(C/C(=C\c1ccccc1)C(=O)OC(C)(C)C)OCC. The highest BCUT2D eigenvalue weighted by Crippen LogP contribution is 2.49. The van der Waals surface area contributed by atoms with Gasteiger partial charge in [-0.05, 0) is 46.3 Å². The topological polar surface area (TPSA) is 61.8 Å². The van der Waals surface area contributed by atoms with Crippen LogP contribution in [0.25, 0.3) is 6.08 Å². The molecule has 6 heteroatoms. The first kappa shape index (κ1) is 20.6. The van der Waals surface area contributed by atoms with Crippen molar-refractivity contribution in [2.75, 3.05) is 19.4 Å². The molecule has 0 heterocycles. The van der Waals surface area contributed by atoms with E-state index in [-0.39, 0.29) is 24.9 Å². The van der Waals surface area contributed by atoms with Crippen LogP contribution >= 0.6 is 7.60 Å². The van der Waals surface area contributed by atoms with Crippen LogP contribution in [0, 0.1) is 0 Å². The highest BCUT2D eigenvalue weighted by Gasteiger charge is 2.30. The van der Waals surface area contributed by atoms with Crippen LogP contribution in [0.15, 0.2) is 35.9 Å². The Morgan fingerprint density at radius 1 is 1.08 bits per heavy atom. The summed E-state index contributed by atoms with van der Waals surface area (Å²) in [5.41, 5.74) is 0.438. The first-order valence-corrected chi connectivity index (χ1v) is 9.79. The lowest BCUT2D eigenvalue weighted by atomic mass is 10.1. The molecule has 0 aromatic heterocycles. The Labute approximate surface area is 144 Å². The van der Waals surface area contributed by atoms with Crippen LogP contribution in [0.4, 0.5) is 0 Å². The lowest BCUT2D eigenvalue weighted by Gasteiger charge is -2.23. The van der Waals surface area contributed by atoms with E-state index < -0.39 is 19.2 Å². The van der Waals surface area contributed by atoms with Gasteiger partial charge in [0.05, 0.1) is 19.4 Å². The molecule has 0 radical (unpaired) electrons. The van der Waals surface area contributed by atoms with E-state index in [2.05, 4.69) is 0 Å². The first-order chi connectivity index (χ1) is 11.2. The predicted octanol–water partition coefficient (Wildman–Crippen LogP) is 4.68. The van der Waals surface area contributed by atoms with Crippen LogP contribution < -0.4 is 0 Å². The molecule has 0 aliphatic heterocycles. The van der Waals surface area contributed by atoms with Crippen LogP contribution in [0.5, 0.6) is 0 Å². The van der Waals surface area contributed by atoms with Crippen molar-refractivity contribution in [3.8, 4) is 0 Å². The van der Waals surface area contributed by atoms with E-state index >= 15 is 0 Å². The molecule has 134 valence electrons. The number of hydrogen-bond acceptors (Lipinski definition) is 5. The Hall–Kier alpha value is -1.42. The monoisotopic (exact) mass is 354 g/mol. The molecule has 0 saturated heterocycles. The van der Waals surface area contributed by atoms with Gasteiger partial charge in [0.1, 0.15) is 5.60 Å². The zero-order valence-corrected chi connectivity index (χ0v) is 16.0. The second kappa shape index (κ2) is 9.16. The smallest absolute Gasteiger partial charge is 0.335 e. The average Bonchev–Trinajstić information content (AvgIpc) is 2.46. The van der Waals surface area contributed by atoms with Crippen molar-refractivity contribution < 1.29 is 23.1 Å². The molecule has 0 spiro atoms. The first-order valence-electron chi connectivity index (χ1n) is 8.06. The quantitative estimate of drug-likeness (QED) is 0.385. The Morgan fingerprint density at radius 2 is 1.62 bits per heavy atom. The summed E-state index contributed by atoms with van der Waals surface area (Å²) in [5, 5.41) is 0. The van der Waals surface area contributed by atoms with E-state index in [1.165, 1.54) is 0 Å². The van der Waals surface area contributed by atoms with Crippen LogP contribution in [-0.2, 0) is 23.1 Å². The fourth-order valence-corrected chi connectivity index (χ4v) is 3.68. The van der Waals surface area contributed by atoms with Gasteiger partial charge >= 0.3 is 13.6 Å². The number of esters is 1. The molecule has 5 nitrogen and oxygen atoms in total. The zero-order chi connectivity index (χ0) is 18.2. The van der Waals surface area contributed by atoms with Gasteiger partial charge in [0.25, 0.3) is 0 Å². The average molecular weight is 354 g/mol. The highest BCUT2D eigenvalue weighted by molar-refractivity contribution is 7.54. The van der Waals surface area contributed by atoms with Crippen molar-refractivity contribution in [2.45, 2.75) is 40.2 Å². The van der Waals surface area contributed by atoms with Crippen molar-refractivity contribution in [1.29, 1.82) is 0 Å². The van der Waals surface area contributed by atoms with E-state index in [4.69, 9.17) is 13.8 Å². The van der Waals surface area contributed by atoms with Crippen molar-refractivity contribution in [3.63, 3.8) is 0 Å². The van der Waals surface area contributed by atoms with Gasteiger partial charge in [0.2, 0.25) is 0 Å². The minimum absolute atomic E-state index is 0.127. The standard InChI is InChI=1S/C18H27O5P/c1-6-21-24(20,22-7-2)14-16(17(19)23-18(3,4)5)13-15-11-9-8-10-12-15/h8-13H,6-7,14H2,1-5H3/b16-13+. The van der Waals surface area contributed by atoms with Crippen LogP contribution in [0.3, 0.4) is 0 Å². The molecule has 0 N–H and O–H groups in total. The van der Waals surface area contributed by atoms with Gasteiger partial charge in [-0.2, -0.15) is 0 Å². The molecule has 0 amide bonds. The van der Waals surface area contributed by atoms with Gasteiger partial charge in [0, 0.05) is 5.57 Å². The molecule has 1 rings (SSSR count). The maximum Gasteiger partial charge on any atom is 0.335 e. The third-order valence-electron chi connectivity index (χ3n) is 2.82. The molecule has 0 bridgehead atoms. The van der Waals surface area contributed by atoms with E-state index in [9.17, 15) is 9.36 Å². The molecule has 24 heavy (non-hydrogen) atoms. The number of carbonyl (C=O) groups is 1. The minimum atomic E-state index is -3.40. The number of carbonyl (C=O) groups excluding carboxylic acids is 1. The molecular formula is C18H27O5P. The maximum absolute atomic E-state index is 12.8. The molecule has 1 aromatic rings. The van der Waals surface area contributed by atoms with Gasteiger partial charge in [0.15, 0.2) is 0 Å². The molecule has 1 aromatic carbocycles. The Kier molecular flexibility index (Phi) is 7.88. The number of benzene rings is 1. The summed E-state index contributed by atoms with van der Waals surface area (Å²) in [6, 6.07) is 9.33. The van der Waals surface area contributed by atoms with E-state index in [1.807, 2.05) is 30.3 Å². The number of ether oxygens (including phenoxy) is 1. The van der Waals surface area contributed by atoms with E-state index in [1.54, 1.807) is 40.7 Å². The van der Waals surface area contributed by atoms with Crippen molar-refractivity contribution in [1.82, 2.24) is 0 Å².